The molecule has 1 aromatic carbocycles. The Bertz CT molecular complexity index is 482. The summed E-state index contributed by atoms with van der Waals surface area (Å²) in [6, 6.07) is 9.09. The maximum absolute atomic E-state index is 11.6. The Morgan fingerprint density at radius 1 is 1.14 bits per heavy atom. The Kier molecular flexibility index (Phi) is 6.94. The van der Waals surface area contributed by atoms with Crippen molar-refractivity contribution in [1.29, 1.82) is 0 Å². The number of hydrogen-bond donors (Lipinski definition) is 1. The standard InChI is InChI=1S/C15H18O6/c1-20-13(16)8-7-12(15(18)19)9-14(17)21-10-11-5-3-2-4-6-11/h2-6,12H,7-10H2,1H3,(H,18,19). The van der Waals surface area contributed by atoms with E-state index in [1.807, 2.05) is 18.2 Å². The molecule has 0 aromatic heterocycles. The van der Waals surface area contributed by atoms with Gasteiger partial charge in [0.15, 0.2) is 0 Å². The van der Waals surface area contributed by atoms with Gasteiger partial charge in [-0.15, -0.1) is 0 Å². The van der Waals surface area contributed by atoms with Gasteiger partial charge in [-0.05, 0) is 12.0 Å². The first-order chi connectivity index (χ1) is 10.0. The van der Waals surface area contributed by atoms with E-state index in [1.165, 1.54) is 7.11 Å². The fourth-order valence-electron chi connectivity index (χ4n) is 1.71. The van der Waals surface area contributed by atoms with Crippen LogP contribution in [0.2, 0.25) is 0 Å². The molecule has 6 nitrogen and oxygen atoms in total. The summed E-state index contributed by atoms with van der Waals surface area (Å²) >= 11 is 0. The number of hydrogen-bond acceptors (Lipinski definition) is 5. The smallest absolute Gasteiger partial charge is 0.307 e. The van der Waals surface area contributed by atoms with Gasteiger partial charge in [0.05, 0.1) is 19.4 Å². The molecule has 1 unspecified atom stereocenters. The van der Waals surface area contributed by atoms with Crippen LogP contribution in [0, 0.1) is 5.92 Å². The molecule has 0 bridgehead atoms. The third-order valence-corrected chi connectivity index (χ3v) is 2.93. The summed E-state index contributed by atoms with van der Waals surface area (Å²) in [4.78, 5) is 33.7. The third kappa shape index (κ3) is 6.56. The molecule has 6 heteroatoms. The zero-order valence-electron chi connectivity index (χ0n) is 11.8. The minimum absolute atomic E-state index is 0.0422. The van der Waals surface area contributed by atoms with Crippen LogP contribution in [0.5, 0.6) is 0 Å². The predicted molar refractivity (Wildman–Crippen MR) is 73.2 cm³/mol. The highest BCUT2D eigenvalue weighted by atomic mass is 16.5. The molecule has 1 N–H and O–H groups in total. The van der Waals surface area contributed by atoms with Gasteiger partial charge in [0.1, 0.15) is 6.61 Å². The van der Waals surface area contributed by atoms with Gasteiger partial charge in [0, 0.05) is 6.42 Å². The summed E-state index contributed by atoms with van der Waals surface area (Å²) < 4.78 is 9.47. The first kappa shape index (κ1) is 16.7. The Morgan fingerprint density at radius 3 is 2.38 bits per heavy atom. The van der Waals surface area contributed by atoms with E-state index in [1.54, 1.807) is 12.1 Å². The molecule has 0 saturated carbocycles. The number of carboxylic acids is 1. The van der Waals surface area contributed by atoms with E-state index in [0.29, 0.717) is 0 Å². The maximum atomic E-state index is 11.6. The molecule has 0 aliphatic carbocycles. The van der Waals surface area contributed by atoms with Crippen molar-refractivity contribution < 1.29 is 29.0 Å². The second-order valence-corrected chi connectivity index (χ2v) is 4.50. The van der Waals surface area contributed by atoms with E-state index in [-0.39, 0.29) is 25.9 Å². The maximum Gasteiger partial charge on any atom is 0.307 e. The molecule has 0 amide bonds. The number of carbonyl (C=O) groups excluding carboxylic acids is 2. The van der Waals surface area contributed by atoms with E-state index in [0.717, 1.165) is 5.56 Å². The van der Waals surface area contributed by atoms with Gasteiger partial charge in [-0.25, -0.2) is 0 Å². The molecule has 0 saturated heterocycles. The Balaban J connectivity index is 2.41. The van der Waals surface area contributed by atoms with Gasteiger partial charge in [0.25, 0.3) is 0 Å². The second-order valence-electron chi connectivity index (χ2n) is 4.50. The van der Waals surface area contributed by atoms with Crippen molar-refractivity contribution in [2.75, 3.05) is 7.11 Å². The summed E-state index contributed by atoms with van der Waals surface area (Å²) in [6.45, 7) is 0.100. The highest BCUT2D eigenvalue weighted by Gasteiger charge is 2.23. The van der Waals surface area contributed by atoms with Crippen molar-refractivity contribution in [2.45, 2.75) is 25.9 Å². The molecule has 0 aliphatic heterocycles. The Hall–Kier alpha value is -2.37. The highest BCUT2D eigenvalue weighted by molar-refractivity contribution is 5.79. The van der Waals surface area contributed by atoms with Crippen molar-refractivity contribution in [1.82, 2.24) is 0 Å². The Morgan fingerprint density at radius 2 is 1.81 bits per heavy atom. The quantitative estimate of drug-likeness (QED) is 0.735. The van der Waals surface area contributed by atoms with Crippen LogP contribution in [0.25, 0.3) is 0 Å². The van der Waals surface area contributed by atoms with E-state index < -0.39 is 23.8 Å². The lowest BCUT2D eigenvalue weighted by Gasteiger charge is -2.11. The second kappa shape index (κ2) is 8.73. The monoisotopic (exact) mass is 294 g/mol. The van der Waals surface area contributed by atoms with Crippen molar-refractivity contribution in [3.8, 4) is 0 Å². The van der Waals surface area contributed by atoms with E-state index >= 15 is 0 Å². The number of aliphatic carboxylic acids is 1. The summed E-state index contributed by atoms with van der Waals surface area (Å²) in [5.41, 5.74) is 0.826. The average molecular weight is 294 g/mol. The van der Waals surface area contributed by atoms with Gasteiger partial charge in [-0.1, -0.05) is 30.3 Å². The first-order valence-corrected chi connectivity index (χ1v) is 6.52. The van der Waals surface area contributed by atoms with Crippen molar-refractivity contribution in [2.24, 2.45) is 5.92 Å². The zero-order valence-corrected chi connectivity index (χ0v) is 11.8. The largest absolute Gasteiger partial charge is 0.481 e. The molecule has 21 heavy (non-hydrogen) atoms. The SMILES string of the molecule is COC(=O)CCC(CC(=O)OCc1ccccc1)C(=O)O. The van der Waals surface area contributed by atoms with E-state index in [4.69, 9.17) is 9.84 Å². The normalized spacial score (nSPS) is 11.5. The van der Waals surface area contributed by atoms with E-state index in [2.05, 4.69) is 4.74 Å². The fourth-order valence-corrected chi connectivity index (χ4v) is 1.71. The summed E-state index contributed by atoms with van der Waals surface area (Å²) in [5, 5.41) is 9.03. The van der Waals surface area contributed by atoms with Crippen molar-refractivity contribution in [3.63, 3.8) is 0 Å². The predicted octanol–water partition coefficient (Wildman–Crippen LogP) is 1.77. The molecule has 0 fully saturated rings. The molecule has 0 heterocycles. The van der Waals surface area contributed by atoms with Crippen LogP contribution >= 0.6 is 0 Å². The van der Waals surface area contributed by atoms with Crippen LogP contribution in [-0.2, 0) is 30.5 Å². The van der Waals surface area contributed by atoms with Crippen LogP contribution in [0.4, 0.5) is 0 Å². The number of rotatable bonds is 8. The number of benzene rings is 1. The average Bonchev–Trinajstić information content (AvgIpc) is 2.49. The number of methoxy groups -OCH3 is 1. The van der Waals surface area contributed by atoms with Crippen molar-refractivity contribution >= 4 is 17.9 Å². The molecular formula is C15H18O6. The summed E-state index contributed by atoms with van der Waals surface area (Å²) in [5.74, 6) is -3.18. The highest BCUT2D eigenvalue weighted by Crippen LogP contribution is 2.14. The minimum Gasteiger partial charge on any atom is -0.481 e. The topological polar surface area (TPSA) is 89.9 Å². The molecule has 0 spiro atoms. The lowest BCUT2D eigenvalue weighted by Crippen LogP contribution is -2.20. The van der Waals surface area contributed by atoms with Crippen LogP contribution in [0.3, 0.4) is 0 Å². The van der Waals surface area contributed by atoms with Crippen LogP contribution in [-0.4, -0.2) is 30.1 Å². The number of ether oxygens (including phenoxy) is 2. The van der Waals surface area contributed by atoms with Crippen LogP contribution in [0.15, 0.2) is 30.3 Å². The van der Waals surface area contributed by atoms with Crippen molar-refractivity contribution in [3.05, 3.63) is 35.9 Å². The van der Waals surface area contributed by atoms with Gasteiger partial charge >= 0.3 is 17.9 Å². The molecule has 1 atom stereocenters. The van der Waals surface area contributed by atoms with E-state index in [9.17, 15) is 14.4 Å². The molecule has 1 aromatic rings. The van der Waals surface area contributed by atoms with Crippen LogP contribution in [0.1, 0.15) is 24.8 Å². The molecule has 0 aliphatic rings. The first-order valence-electron chi connectivity index (χ1n) is 6.52. The number of carbonyl (C=O) groups is 3. The number of esters is 2. The Labute approximate surface area is 122 Å². The van der Waals surface area contributed by atoms with Crippen LogP contribution < -0.4 is 0 Å². The molecule has 1 rings (SSSR count). The summed E-state index contributed by atoms with van der Waals surface area (Å²) in [6.07, 6.45) is -0.263. The number of carboxylic acid groups (broad SMARTS) is 1. The zero-order chi connectivity index (χ0) is 15.7. The lowest BCUT2D eigenvalue weighted by atomic mass is 10.00. The lowest BCUT2D eigenvalue weighted by molar-refractivity contribution is -0.153. The van der Waals surface area contributed by atoms with Gasteiger partial charge < -0.3 is 14.6 Å². The van der Waals surface area contributed by atoms with Gasteiger partial charge in [0.2, 0.25) is 0 Å². The molecular weight excluding hydrogens is 276 g/mol. The summed E-state index contributed by atoms with van der Waals surface area (Å²) in [7, 11) is 1.23. The fraction of sp³-hybridized carbons (Fsp3) is 0.400. The molecule has 0 radical (unpaired) electrons. The molecule has 114 valence electrons. The van der Waals surface area contributed by atoms with Gasteiger partial charge in [-0.2, -0.15) is 0 Å². The van der Waals surface area contributed by atoms with Gasteiger partial charge in [-0.3, -0.25) is 14.4 Å². The third-order valence-electron chi connectivity index (χ3n) is 2.93. The minimum atomic E-state index is -1.13.